The van der Waals surface area contributed by atoms with E-state index in [0.717, 1.165) is 29.5 Å². The van der Waals surface area contributed by atoms with Crippen LogP contribution in [-0.2, 0) is 0 Å². The lowest BCUT2D eigenvalue weighted by Gasteiger charge is -2.14. The molecule has 17 heavy (non-hydrogen) atoms. The number of amides is 1. The SMILES string of the molecule is Cc1cccc(C)c1C(=O)NCC1(CO)CC1. The molecule has 1 fully saturated rings. The van der Waals surface area contributed by atoms with Crippen LogP contribution in [0.3, 0.4) is 0 Å². The van der Waals surface area contributed by atoms with Gasteiger partial charge in [-0.2, -0.15) is 0 Å². The second-order valence-corrected chi connectivity index (χ2v) is 5.11. The summed E-state index contributed by atoms with van der Waals surface area (Å²) >= 11 is 0. The van der Waals surface area contributed by atoms with Crippen molar-refractivity contribution < 1.29 is 9.90 Å². The number of benzene rings is 1. The molecule has 2 rings (SSSR count). The normalized spacial score (nSPS) is 16.6. The number of carbonyl (C=O) groups is 1. The molecule has 1 aromatic carbocycles. The number of nitrogens with one attached hydrogen (secondary N) is 1. The van der Waals surface area contributed by atoms with Crippen LogP contribution in [0.25, 0.3) is 0 Å². The van der Waals surface area contributed by atoms with Crippen molar-refractivity contribution in [1.29, 1.82) is 0 Å². The second kappa shape index (κ2) is 4.49. The average molecular weight is 233 g/mol. The Morgan fingerprint density at radius 1 is 1.35 bits per heavy atom. The smallest absolute Gasteiger partial charge is 0.251 e. The summed E-state index contributed by atoms with van der Waals surface area (Å²) < 4.78 is 0. The van der Waals surface area contributed by atoms with Gasteiger partial charge in [-0.1, -0.05) is 18.2 Å². The molecule has 2 N–H and O–H groups in total. The molecule has 92 valence electrons. The van der Waals surface area contributed by atoms with Gasteiger partial charge in [0.2, 0.25) is 0 Å². The van der Waals surface area contributed by atoms with Crippen molar-refractivity contribution in [2.24, 2.45) is 5.41 Å². The Labute approximate surface area is 102 Å². The molecule has 0 unspecified atom stereocenters. The highest BCUT2D eigenvalue weighted by Crippen LogP contribution is 2.44. The van der Waals surface area contributed by atoms with Gasteiger partial charge in [-0.25, -0.2) is 0 Å². The van der Waals surface area contributed by atoms with Gasteiger partial charge in [0.1, 0.15) is 0 Å². The lowest BCUT2D eigenvalue weighted by atomic mass is 10.0. The molecular weight excluding hydrogens is 214 g/mol. The first-order valence-electron chi connectivity index (χ1n) is 6.03. The maximum atomic E-state index is 12.1. The van der Waals surface area contributed by atoms with Crippen molar-refractivity contribution in [3.63, 3.8) is 0 Å². The van der Waals surface area contributed by atoms with Crippen LogP contribution in [-0.4, -0.2) is 24.2 Å². The van der Waals surface area contributed by atoms with Crippen molar-refractivity contribution in [3.05, 3.63) is 34.9 Å². The van der Waals surface area contributed by atoms with Gasteiger partial charge in [-0.3, -0.25) is 4.79 Å². The second-order valence-electron chi connectivity index (χ2n) is 5.11. The summed E-state index contributed by atoms with van der Waals surface area (Å²) in [7, 11) is 0. The largest absolute Gasteiger partial charge is 0.396 e. The molecule has 0 radical (unpaired) electrons. The third-order valence-electron chi connectivity index (χ3n) is 3.62. The Bertz CT molecular complexity index is 416. The first kappa shape index (κ1) is 12.1. The average Bonchev–Trinajstić information content (AvgIpc) is 3.07. The summed E-state index contributed by atoms with van der Waals surface area (Å²) in [4.78, 5) is 12.1. The van der Waals surface area contributed by atoms with Gasteiger partial charge in [0.05, 0.1) is 6.61 Å². The fourth-order valence-electron chi connectivity index (χ4n) is 2.10. The fourth-order valence-corrected chi connectivity index (χ4v) is 2.10. The molecule has 1 aliphatic carbocycles. The highest BCUT2D eigenvalue weighted by atomic mass is 16.3. The van der Waals surface area contributed by atoms with Crippen LogP contribution in [0.4, 0.5) is 0 Å². The minimum Gasteiger partial charge on any atom is -0.396 e. The van der Waals surface area contributed by atoms with E-state index >= 15 is 0 Å². The van der Waals surface area contributed by atoms with Crippen molar-refractivity contribution in [3.8, 4) is 0 Å². The molecule has 1 amide bonds. The molecular formula is C14H19NO2. The minimum atomic E-state index is -0.0355. The van der Waals surface area contributed by atoms with Crippen LogP contribution in [0.15, 0.2) is 18.2 Å². The van der Waals surface area contributed by atoms with Crippen LogP contribution < -0.4 is 5.32 Å². The summed E-state index contributed by atoms with van der Waals surface area (Å²) in [6.07, 6.45) is 2.02. The molecule has 0 heterocycles. The lowest BCUT2D eigenvalue weighted by Crippen LogP contribution is -2.32. The minimum absolute atomic E-state index is 0.0275. The Hall–Kier alpha value is -1.35. The first-order chi connectivity index (χ1) is 8.08. The van der Waals surface area contributed by atoms with Crippen LogP contribution >= 0.6 is 0 Å². The van der Waals surface area contributed by atoms with E-state index in [-0.39, 0.29) is 17.9 Å². The molecule has 1 aliphatic rings. The Morgan fingerprint density at radius 2 is 1.94 bits per heavy atom. The number of aliphatic hydroxyl groups excluding tert-OH is 1. The number of aliphatic hydroxyl groups is 1. The third-order valence-corrected chi connectivity index (χ3v) is 3.62. The van der Waals surface area contributed by atoms with Gasteiger partial charge >= 0.3 is 0 Å². The third kappa shape index (κ3) is 2.50. The van der Waals surface area contributed by atoms with E-state index in [9.17, 15) is 9.90 Å². The van der Waals surface area contributed by atoms with Crippen LogP contribution in [0.1, 0.15) is 34.3 Å². The Morgan fingerprint density at radius 3 is 2.41 bits per heavy atom. The number of aryl methyl sites for hydroxylation is 2. The van der Waals surface area contributed by atoms with Crippen LogP contribution in [0, 0.1) is 19.3 Å². The van der Waals surface area contributed by atoms with Gasteiger partial charge in [0.25, 0.3) is 5.91 Å². The molecule has 0 spiro atoms. The zero-order valence-corrected chi connectivity index (χ0v) is 10.4. The zero-order valence-electron chi connectivity index (χ0n) is 10.4. The number of hydrogen-bond acceptors (Lipinski definition) is 2. The molecule has 1 aromatic rings. The Kier molecular flexibility index (Phi) is 3.20. The molecule has 0 bridgehead atoms. The van der Waals surface area contributed by atoms with Gasteiger partial charge < -0.3 is 10.4 Å². The van der Waals surface area contributed by atoms with Gasteiger partial charge in [0.15, 0.2) is 0 Å². The first-order valence-corrected chi connectivity index (χ1v) is 6.03. The summed E-state index contributed by atoms with van der Waals surface area (Å²) in [6.45, 7) is 4.64. The van der Waals surface area contributed by atoms with E-state index in [1.807, 2.05) is 32.0 Å². The monoisotopic (exact) mass is 233 g/mol. The predicted octanol–water partition coefficient (Wildman–Crippen LogP) is 1.81. The molecule has 3 nitrogen and oxygen atoms in total. The molecule has 0 aromatic heterocycles. The van der Waals surface area contributed by atoms with E-state index in [0.29, 0.717) is 6.54 Å². The zero-order chi connectivity index (χ0) is 12.5. The quantitative estimate of drug-likeness (QED) is 0.833. The topological polar surface area (TPSA) is 49.3 Å². The number of hydrogen-bond donors (Lipinski definition) is 2. The molecule has 0 saturated heterocycles. The van der Waals surface area contributed by atoms with Crippen LogP contribution in [0.5, 0.6) is 0 Å². The van der Waals surface area contributed by atoms with Crippen molar-refractivity contribution in [2.75, 3.05) is 13.2 Å². The van der Waals surface area contributed by atoms with E-state index in [1.165, 1.54) is 0 Å². The molecule has 0 aliphatic heterocycles. The Balaban J connectivity index is 2.05. The highest BCUT2D eigenvalue weighted by molar-refractivity contribution is 5.97. The number of rotatable bonds is 4. The summed E-state index contributed by atoms with van der Waals surface area (Å²) in [5.41, 5.74) is 2.72. The summed E-state index contributed by atoms with van der Waals surface area (Å²) in [5, 5.41) is 12.1. The standard InChI is InChI=1S/C14H19NO2/c1-10-4-3-5-11(2)12(10)13(17)15-8-14(9-16)6-7-14/h3-5,16H,6-9H2,1-2H3,(H,15,17). The molecule has 1 saturated carbocycles. The maximum absolute atomic E-state index is 12.1. The van der Waals surface area contributed by atoms with Crippen molar-refractivity contribution >= 4 is 5.91 Å². The summed E-state index contributed by atoms with van der Waals surface area (Å²) in [6, 6.07) is 5.85. The molecule has 3 heteroatoms. The summed E-state index contributed by atoms with van der Waals surface area (Å²) in [5.74, 6) is -0.0275. The lowest BCUT2D eigenvalue weighted by molar-refractivity contribution is 0.0934. The van der Waals surface area contributed by atoms with Crippen LogP contribution in [0.2, 0.25) is 0 Å². The predicted molar refractivity (Wildman–Crippen MR) is 67.0 cm³/mol. The van der Waals surface area contributed by atoms with E-state index in [4.69, 9.17) is 0 Å². The van der Waals surface area contributed by atoms with E-state index in [1.54, 1.807) is 0 Å². The van der Waals surface area contributed by atoms with Crippen molar-refractivity contribution in [2.45, 2.75) is 26.7 Å². The van der Waals surface area contributed by atoms with E-state index in [2.05, 4.69) is 5.32 Å². The highest BCUT2D eigenvalue weighted by Gasteiger charge is 2.42. The van der Waals surface area contributed by atoms with Crippen molar-refractivity contribution in [1.82, 2.24) is 5.32 Å². The number of carbonyl (C=O) groups excluding carboxylic acids is 1. The van der Waals surface area contributed by atoms with Gasteiger partial charge in [-0.15, -0.1) is 0 Å². The van der Waals surface area contributed by atoms with E-state index < -0.39 is 0 Å². The van der Waals surface area contributed by atoms with Gasteiger partial charge in [0, 0.05) is 17.5 Å². The van der Waals surface area contributed by atoms with Gasteiger partial charge in [-0.05, 0) is 37.8 Å². The fraction of sp³-hybridized carbons (Fsp3) is 0.500. The maximum Gasteiger partial charge on any atom is 0.251 e. The molecule has 0 atom stereocenters.